The Morgan fingerprint density at radius 1 is 1.07 bits per heavy atom. The van der Waals surface area contributed by atoms with Crippen molar-refractivity contribution in [2.24, 2.45) is 0 Å². The molecular formula is C17H11BrF2N6O3. The number of amides is 1. The Kier molecular flexibility index (Phi) is 5.93. The minimum atomic E-state index is -0.836. The van der Waals surface area contributed by atoms with Crippen LogP contribution < -0.4 is 16.2 Å². The highest BCUT2D eigenvalue weighted by molar-refractivity contribution is 9.10. The number of carbonyl (C=O) groups is 1. The second-order valence-corrected chi connectivity index (χ2v) is 6.43. The molecular weight excluding hydrogens is 454 g/mol. The first-order valence-corrected chi connectivity index (χ1v) is 8.68. The molecule has 3 aromatic rings. The van der Waals surface area contributed by atoms with Crippen molar-refractivity contribution >= 4 is 44.8 Å². The van der Waals surface area contributed by atoms with Crippen molar-refractivity contribution in [3.63, 3.8) is 0 Å². The molecule has 148 valence electrons. The van der Waals surface area contributed by atoms with E-state index >= 15 is 0 Å². The molecule has 0 saturated heterocycles. The van der Waals surface area contributed by atoms with Crippen LogP contribution in [0, 0.1) is 21.7 Å². The summed E-state index contributed by atoms with van der Waals surface area (Å²) in [4.78, 5) is 30.3. The summed E-state index contributed by atoms with van der Waals surface area (Å²) >= 11 is 3.24. The van der Waals surface area contributed by atoms with E-state index in [1.165, 1.54) is 12.1 Å². The summed E-state index contributed by atoms with van der Waals surface area (Å²) in [6, 6.07) is 8.96. The Morgan fingerprint density at radius 2 is 1.76 bits per heavy atom. The van der Waals surface area contributed by atoms with Crippen molar-refractivity contribution < 1.29 is 18.5 Å². The van der Waals surface area contributed by atoms with Gasteiger partial charge in [-0.05, 0) is 36.4 Å². The van der Waals surface area contributed by atoms with E-state index < -0.39 is 34.0 Å². The number of benzene rings is 2. The number of anilines is 3. The van der Waals surface area contributed by atoms with E-state index in [4.69, 9.17) is 0 Å². The van der Waals surface area contributed by atoms with E-state index in [2.05, 4.69) is 42.1 Å². The molecule has 0 aliphatic rings. The van der Waals surface area contributed by atoms with Crippen molar-refractivity contribution in [1.82, 2.24) is 15.4 Å². The fourth-order valence-electron chi connectivity index (χ4n) is 2.24. The molecule has 3 rings (SSSR count). The number of halogens is 3. The van der Waals surface area contributed by atoms with Gasteiger partial charge in [-0.3, -0.25) is 25.8 Å². The summed E-state index contributed by atoms with van der Waals surface area (Å²) in [6.07, 6.45) is 0.959. The predicted molar refractivity (Wildman–Crippen MR) is 104 cm³/mol. The van der Waals surface area contributed by atoms with E-state index in [0.717, 1.165) is 29.0 Å². The number of rotatable bonds is 6. The second kappa shape index (κ2) is 8.56. The van der Waals surface area contributed by atoms with Crippen LogP contribution in [0.3, 0.4) is 0 Å². The predicted octanol–water partition coefficient (Wildman–Crippen LogP) is 3.93. The lowest BCUT2D eigenvalue weighted by atomic mass is 10.2. The molecule has 0 saturated carbocycles. The number of hydrazine groups is 1. The molecule has 0 aliphatic carbocycles. The van der Waals surface area contributed by atoms with Crippen LogP contribution in [0.4, 0.5) is 31.8 Å². The number of hydrogen-bond acceptors (Lipinski definition) is 7. The van der Waals surface area contributed by atoms with Crippen LogP contribution in [-0.2, 0) is 0 Å². The molecule has 9 nitrogen and oxygen atoms in total. The SMILES string of the molecule is O=C(NNc1ncnc(Nc2cc(F)ccc2F)c1[N+](=O)[O-])c1ccc(Br)cc1. The van der Waals surface area contributed by atoms with Crippen LogP contribution in [0.5, 0.6) is 0 Å². The zero-order chi connectivity index (χ0) is 21.0. The van der Waals surface area contributed by atoms with Crippen LogP contribution in [0.15, 0.2) is 53.3 Å². The van der Waals surface area contributed by atoms with Crippen molar-refractivity contribution in [3.05, 3.63) is 80.6 Å². The Hall–Kier alpha value is -3.67. The third-order valence-corrected chi connectivity index (χ3v) is 4.12. The number of nitrogens with one attached hydrogen (secondary N) is 3. The molecule has 29 heavy (non-hydrogen) atoms. The van der Waals surface area contributed by atoms with Crippen molar-refractivity contribution in [2.75, 3.05) is 10.7 Å². The summed E-state index contributed by atoms with van der Waals surface area (Å²) in [6.45, 7) is 0. The van der Waals surface area contributed by atoms with Gasteiger partial charge in [0.05, 0.1) is 10.6 Å². The Morgan fingerprint density at radius 3 is 2.45 bits per heavy atom. The summed E-state index contributed by atoms with van der Waals surface area (Å²) in [7, 11) is 0. The van der Waals surface area contributed by atoms with E-state index in [9.17, 15) is 23.7 Å². The highest BCUT2D eigenvalue weighted by atomic mass is 79.9. The van der Waals surface area contributed by atoms with Crippen molar-refractivity contribution in [2.45, 2.75) is 0 Å². The molecule has 0 unspecified atom stereocenters. The maximum absolute atomic E-state index is 13.8. The van der Waals surface area contributed by atoms with Crippen LogP contribution in [0.1, 0.15) is 10.4 Å². The number of nitro groups is 1. The molecule has 0 atom stereocenters. The maximum Gasteiger partial charge on any atom is 0.355 e. The van der Waals surface area contributed by atoms with E-state index in [1.807, 2.05) is 0 Å². The average Bonchev–Trinajstić information content (AvgIpc) is 2.69. The normalized spacial score (nSPS) is 10.3. The lowest BCUT2D eigenvalue weighted by Crippen LogP contribution is -2.30. The first-order chi connectivity index (χ1) is 13.8. The summed E-state index contributed by atoms with van der Waals surface area (Å²) in [5.74, 6) is -2.90. The molecule has 1 aromatic heterocycles. The first-order valence-electron chi connectivity index (χ1n) is 7.88. The number of hydrogen-bond donors (Lipinski definition) is 3. The number of aromatic nitrogens is 2. The zero-order valence-corrected chi connectivity index (χ0v) is 15.9. The Bertz CT molecular complexity index is 1080. The molecule has 0 fully saturated rings. The van der Waals surface area contributed by atoms with Gasteiger partial charge in [-0.15, -0.1) is 0 Å². The molecule has 1 amide bonds. The van der Waals surface area contributed by atoms with E-state index in [0.29, 0.717) is 0 Å². The minimum absolute atomic E-state index is 0.289. The van der Waals surface area contributed by atoms with Crippen LogP contribution >= 0.6 is 15.9 Å². The number of nitrogens with zero attached hydrogens (tertiary/aromatic N) is 3. The monoisotopic (exact) mass is 464 g/mol. The summed E-state index contributed by atoms with van der Waals surface area (Å²) in [5.41, 5.74) is 3.89. The van der Waals surface area contributed by atoms with Gasteiger partial charge in [-0.25, -0.2) is 18.7 Å². The van der Waals surface area contributed by atoms with E-state index in [1.54, 1.807) is 12.1 Å². The zero-order valence-electron chi connectivity index (χ0n) is 14.3. The molecule has 2 aromatic carbocycles. The van der Waals surface area contributed by atoms with Crippen molar-refractivity contribution in [1.29, 1.82) is 0 Å². The number of carbonyl (C=O) groups excluding carboxylic acids is 1. The van der Waals surface area contributed by atoms with Gasteiger partial charge >= 0.3 is 5.69 Å². The molecule has 12 heteroatoms. The Labute approximate surface area is 170 Å². The van der Waals surface area contributed by atoms with Gasteiger partial charge in [0.1, 0.15) is 18.0 Å². The van der Waals surface area contributed by atoms with Gasteiger partial charge in [0.2, 0.25) is 11.6 Å². The third-order valence-electron chi connectivity index (χ3n) is 3.59. The quantitative estimate of drug-likeness (QED) is 0.373. The highest BCUT2D eigenvalue weighted by Crippen LogP contribution is 2.31. The topological polar surface area (TPSA) is 122 Å². The van der Waals surface area contributed by atoms with Gasteiger partial charge in [0, 0.05) is 16.1 Å². The smallest absolute Gasteiger partial charge is 0.332 e. The fraction of sp³-hybridized carbons (Fsp3) is 0. The van der Waals surface area contributed by atoms with Crippen molar-refractivity contribution in [3.8, 4) is 0 Å². The Balaban J connectivity index is 1.85. The van der Waals surface area contributed by atoms with E-state index in [-0.39, 0.29) is 17.1 Å². The molecule has 0 radical (unpaired) electrons. The highest BCUT2D eigenvalue weighted by Gasteiger charge is 2.24. The van der Waals surface area contributed by atoms with Gasteiger partial charge in [0.25, 0.3) is 5.91 Å². The van der Waals surface area contributed by atoms with Gasteiger partial charge < -0.3 is 5.32 Å². The summed E-state index contributed by atoms with van der Waals surface area (Å²) in [5, 5.41) is 13.9. The van der Waals surface area contributed by atoms with Crippen LogP contribution in [0.2, 0.25) is 0 Å². The van der Waals surface area contributed by atoms with Gasteiger partial charge in [-0.2, -0.15) is 0 Å². The van der Waals surface area contributed by atoms with Gasteiger partial charge in [0.15, 0.2) is 0 Å². The fourth-order valence-corrected chi connectivity index (χ4v) is 2.51. The largest absolute Gasteiger partial charge is 0.355 e. The van der Waals surface area contributed by atoms with Gasteiger partial charge in [-0.1, -0.05) is 15.9 Å². The first kappa shape index (κ1) is 20.1. The summed E-state index contributed by atoms with van der Waals surface area (Å²) < 4.78 is 28.0. The molecule has 0 spiro atoms. The maximum atomic E-state index is 13.8. The molecule has 1 heterocycles. The lowest BCUT2D eigenvalue weighted by molar-refractivity contribution is -0.383. The lowest BCUT2D eigenvalue weighted by Gasteiger charge is -2.11. The third kappa shape index (κ3) is 4.79. The van der Waals surface area contributed by atoms with Crippen LogP contribution in [0.25, 0.3) is 0 Å². The minimum Gasteiger partial charge on any atom is -0.332 e. The van der Waals surface area contributed by atoms with Crippen LogP contribution in [-0.4, -0.2) is 20.8 Å². The standard InChI is InChI=1S/C17H11BrF2N6O3/c18-10-3-1-9(2-4-10)17(27)25-24-16-14(26(28)29)15(21-8-22-16)23-13-7-11(19)5-6-12(13)20/h1-8H,(H,25,27)(H2,21,22,23,24). The molecule has 0 bridgehead atoms. The molecule has 3 N–H and O–H groups in total. The average molecular weight is 465 g/mol. The molecule has 0 aliphatic heterocycles. The second-order valence-electron chi connectivity index (χ2n) is 5.51.